The van der Waals surface area contributed by atoms with E-state index in [9.17, 15) is 9.59 Å². The van der Waals surface area contributed by atoms with Crippen molar-refractivity contribution in [1.29, 1.82) is 0 Å². The molecular formula is C19H19ClN2O3. The van der Waals surface area contributed by atoms with E-state index in [-0.39, 0.29) is 6.03 Å². The van der Waals surface area contributed by atoms with Crippen LogP contribution in [0.5, 0.6) is 0 Å². The van der Waals surface area contributed by atoms with E-state index in [1.54, 1.807) is 35.2 Å². The monoisotopic (exact) mass is 358 g/mol. The summed E-state index contributed by atoms with van der Waals surface area (Å²) in [5, 5.41) is 12.4. The molecule has 2 N–H and O–H groups in total. The van der Waals surface area contributed by atoms with Crippen LogP contribution in [-0.4, -0.2) is 35.1 Å². The summed E-state index contributed by atoms with van der Waals surface area (Å²) in [6.45, 7) is 1.33. The highest BCUT2D eigenvalue weighted by Crippen LogP contribution is 2.24. The molecule has 25 heavy (non-hydrogen) atoms. The number of carboxylic acids is 1. The summed E-state index contributed by atoms with van der Waals surface area (Å²) in [6.07, 6.45) is 1.66. The quantitative estimate of drug-likeness (QED) is 0.863. The molecule has 0 aromatic heterocycles. The lowest BCUT2D eigenvalue weighted by molar-refractivity contribution is 0.0696. The highest BCUT2D eigenvalue weighted by atomic mass is 35.5. The van der Waals surface area contributed by atoms with Crippen molar-refractivity contribution in [3.8, 4) is 0 Å². The molecule has 0 radical (unpaired) electrons. The highest BCUT2D eigenvalue weighted by molar-refractivity contribution is 6.33. The van der Waals surface area contributed by atoms with Crippen LogP contribution >= 0.6 is 11.6 Å². The highest BCUT2D eigenvalue weighted by Gasteiger charge is 2.26. The second kappa shape index (κ2) is 7.57. The Morgan fingerprint density at radius 3 is 2.76 bits per heavy atom. The number of hydrogen-bond donors (Lipinski definition) is 2. The predicted molar refractivity (Wildman–Crippen MR) is 97.3 cm³/mol. The fourth-order valence-corrected chi connectivity index (χ4v) is 3.29. The van der Waals surface area contributed by atoms with Gasteiger partial charge in [-0.3, -0.25) is 0 Å². The van der Waals surface area contributed by atoms with E-state index in [0.29, 0.717) is 35.3 Å². The van der Waals surface area contributed by atoms with Crippen molar-refractivity contribution < 1.29 is 14.7 Å². The Morgan fingerprint density at radius 2 is 2.00 bits per heavy atom. The van der Waals surface area contributed by atoms with Gasteiger partial charge in [-0.2, -0.15) is 0 Å². The Morgan fingerprint density at radius 1 is 1.20 bits per heavy atom. The van der Waals surface area contributed by atoms with E-state index in [2.05, 4.69) is 5.32 Å². The number of carbonyl (C=O) groups is 2. The molecule has 0 bridgehead atoms. The van der Waals surface area contributed by atoms with Gasteiger partial charge in [-0.1, -0.05) is 35.9 Å². The average Bonchev–Trinajstić information content (AvgIpc) is 3.06. The number of benzene rings is 2. The molecule has 3 rings (SSSR count). The molecule has 1 aliphatic heterocycles. The average molecular weight is 359 g/mol. The first-order chi connectivity index (χ1) is 12.0. The Hall–Kier alpha value is -2.53. The van der Waals surface area contributed by atoms with Crippen LogP contribution in [-0.2, 0) is 6.42 Å². The van der Waals surface area contributed by atoms with Crippen LogP contribution in [0.1, 0.15) is 22.3 Å². The SMILES string of the molecule is O=C(O)c1cccc(C[C@@H]2CCN(C(=O)Nc3ccccc3Cl)C2)c1. The van der Waals surface area contributed by atoms with E-state index >= 15 is 0 Å². The molecule has 2 aromatic carbocycles. The number of nitrogens with one attached hydrogen (secondary N) is 1. The summed E-state index contributed by atoms with van der Waals surface area (Å²) >= 11 is 6.07. The lowest BCUT2D eigenvalue weighted by atomic mass is 9.97. The number of para-hydroxylation sites is 1. The number of carbonyl (C=O) groups excluding carboxylic acids is 1. The smallest absolute Gasteiger partial charge is 0.335 e. The van der Waals surface area contributed by atoms with Gasteiger partial charge in [0.2, 0.25) is 0 Å². The molecule has 5 nitrogen and oxygen atoms in total. The molecule has 0 unspecified atom stereocenters. The summed E-state index contributed by atoms with van der Waals surface area (Å²) < 4.78 is 0. The molecule has 1 fully saturated rings. The van der Waals surface area contributed by atoms with E-state index in [1.807, 2.05) is 18.2 Å². The maximum absolute atomic E-state index is 12.4. The number of aromatic carboxylic acids is 1. The summed E-state index contributed by atoms with van der Waals surface area (Å²) in [4.78, 5) is 25.2. The van der Waals surface area contributed by atoms with Crippen molar-refractivity contribution in [3.05, 3.63) is 64.7 Å². The molecule has 130 valence electrons. The molecule has 1 saturated heterocycles. The number of amides is 2. The summed E-state index contributed by atoms with van der Waals surface area (Å²) in [5.41, 5.74) is 1.88. The van der Waals surface area contributed by atoms with Gasteiger partial charge in [-0.05, 0) is 48.6 Å². The molecule has 0 spiro atoms. The van der Waals surface area contributed by atoms with Crippen molar-refractivity contribution in [2.75, 3.05) is 18.4 Å². The minimum Gasteiger partial charge on any atom is -0.478 e. The van der Waals surface area contributed by atoms with Crippen LogP contribution in [0.25, 0.3) is 0 Å². The maximum Gasteiger partial charge on any atom is 0.335 e. The van der Waals surface area contributed by atoms with Gasteiger partial charge in [0.1, 0.15) is 0 Å². The number of halogens is 1. The van der Waals surface area contributed by atoms with E-state index in [4.69, 9.17) is 16.7 Å². The largest absolute Gasteiger partial charge is 0.478 e. The molecule has 1 atom stereocenters. The summed E-state index contributed by atoms with van der Waals surface area (Å²) in [7, 11) is 0. The Labute approximate surface area is 151 Å². The van der Waals surface area contributed by atoms with Gasteiger partial charge in [-0.25, -0.2) is 9.59 Å². The Kier molecular flexibility index (Phi) is 5.24. The van der Waals surface area contributed by atoms with Gasteiger partial charge in [0.15, 0.2) is 0 Å². The van der Waals surface area contributed by atoms with Gasteiger partial charge < -0.3 is 15.3 Å². The van der Waals surface area contributed by atoms with Crippen molar-refractivity contribution >= 4 is 29.3 Å². The van der Waals surface area contributed by atoms with Crippen LogP contribution in [0.2, 0.25) is 5.02 Å². The van der Waals surface area contributed by atoms with Gasteiger partial charge in [0.25, 0.3) is 0 Å². The first-order valence-corrected chi connectivity index (χ1v) is 8.53. The molecule has 0 aliphatic carbocycles. The molecule has 6 heteroatoms. The van der Waals surface area contributed by atoms with Crippen LogP contribution in [0.3, 0.4) is 0 Å². The van der Waals surface area contributed by atoms with E-state index in [0.717, 1.165) is 18.4 Å². The standard InChI is InChI=1S/C19H19ClN2O3/c20-16-6-1-2-7-17(16)21-19(25)22-9-8-14(12-22)10-13-4-3-5-15(11-13)18(23)24/h1-7,11,14H,8-10,12H2,(H,21,25)(H,23,24)/t14-/m0/s1. The van der Waals surface area contributed by atoms with Gasteiger partial charge in [-0.15, -0.1) is 0 Å². The fourth-order valence-electron chi connectivity index (χ4n) is 3.11. The van der Waals surface area contributed by atoms with Crippen LogP contribution in [0.4, 0.5) is 10.5 Å². The topological polar surface area (TPSA) is 69.6 Å². The number of likely N-dealkylation sites (tertiary alicyclic amines) is 1. The first kappa shape index (κ1) is 17.3. The zero-order valence-electron chi connectivity index (χ0n) is 13.6. The van der Waals surface area contributed by atoms with Crippen LogP contribution in [0.15, 0.2) is 48.5 Å². The first-order valence-electron chi connectivity index (χ1n) is 8.15. The van der Waals surface area contributed by atoms with Crippen molar-refractivity contribution in [1.82, 2.24) is 4.90 Å². The molecular weight excluding hydrogens is 340 g/mol. The van der Waals surface area contributed by atoms with Crippen molar-refractivity contribution in [2.45, 2.75) is 12.8 Å². The lowest BCUT2D eigenvalue weighted by Gasteiger charge is -2.18. The predicted octanol–water partition coefficient (Wildman–Crippen LogP) is 4.13. The maximum atomic E-state index is 12.4. The Bertz CT molecular complexity index is 794. The van der Waals surface area contributed by atoms with Gasteiger partial charge in [0.05, 0.1) is 16.3 Å². The number of hydrogen-bond acceptors (Lipinski definition) is 2. The second-order valence-electron chi connectivity index (χ2n) is 6.22. The summed E-state index contributed by atoms with van der Waals surface area (Å²) in [5.74, 6) is -0.602. The van der Waals surface area contributed by atoms with Crippen molar-refractivity contribution in [2.24, 2.45) is 5.92 Å². The van der Waals surface area contributed by atoms with Crippen molar-refractivity contribution in [3.63, 3.8) is 0 Å². The fraction of sp³-hybridized carbons (Fsp3) is 0.263. The number of carboxylic acid groups (broad SMARTS) is 1. The number of nitrogens with zero attached hydrogens (tertiary/aromatic N) is 1. The third-order valence-electron chi connectivity index (χ3n) is 4.39. The second-order valence-corrected chi connectivity index (χ2v) is 6.63. The molecule has 1 heterocycles. The third-order valence-corrected chi connectivity index (χ3v) is 4.72. The molecule has 2 aromatic rings. The lowest BCUT2D eigenvalue weighted by Crippen LogP contribution is -2.33. The summed E-state index contributed by atoms with van der Waals surface area (Å²) in [6, 6.07) is 14.0. The minimum atomic E-state index is -0.922. The minimum absolute atomic E-state index is 0.158. The molecule has 2 amide bonds. The molecule has 0 saturated carbocycles. The molecule has 1 aliphatic rings. The van der Waals surface area contributed by atoms with Gasteiger partial charge in [0, 0.05) is 13.1 Å². The van der Waals surface area contributed by atoms with E-state index < -0.39 is 5.97 Å². The van der Waals surface area contributed by atoms with Gasteiger partial charge >= 0.3 is 12.0 Å². The zero-order valence-corrected chi connectivity index (χ0v) is 14.4. The normalized spacial score (nSPS) is 16.7. The number of rotatable bonds is 4. The van der Waals surface area contributed by atoms with Crippen LogP contribution in [0, 0.1) is 5.92 Å². The van der Waals surface area contributed by atoms with Crippen LogP contribution < -0.4 is 5.32 Å². The zero-order chi connectivity index (χ0) is 17.8. The van der Waals surface area contributed by atoms with E-state index in [1.165, 1.54) is 0 Å². The number of urea groups is 1. The Balaban J connectivity index is 1.58. The number of anilines is 1. The third kappa shape index (κ3) is 4.31.